The zero-order valence-electron chi connectivity index (χ0n) is 17.3. The van der Waals surface area contributed by atoms with Crippen LogP contribution in [0.4, 0.5) is 17.6 Å². The van der Waals surface area contributed by atoms with E-state index in [0.29, 0.717) is 22.1 Å². The summed E-state index contributed by atoms with van der Waals surface area (Å²) in [6.45, 7) is -5.85. The molecule has 2 atom stereocenters. The van der Waals surface area contributed by atoms with Crippen molar-refractivity contribution in [3.05, 3.63) is 36.4 Å². The van der Waals surface area contributed by atoms with Crippen molar-refractivity contribution in [2.45, 2.75) is 23.5 Å². The average Bonchev–Trinajstić information content (AvgIpc) is 3.31. The molecule has 34 heavy (non-hydrogen) atoms. The van der Waals surface area contributed by atoms with Crippen LogP contribution in [0, 0.1) is 0 Å². The molecule has 0 aliphatic heterocycles. The zero-order valence-corrected chi connectivity index (χ0v) is 22.9. The minimum atomic E-state index is -2.92. The third kappa shape index (κ3) is 8.54. The Kier molecular flexibility index (Phi) is 12.6. The first-order chi connectivity index (χ1) is 15.1. The van der Waals surface area contributed by atoms with Crippen LogP contribution < -0.4 is 68.6 Å². The van der Waals surface area contributed by atoms with E-state index >= 15 is 0 Å². The molecule has 0 saturated carbocycles. The second-order valence-corrected chi connectivity index (χ2v) is 7.38. The summed E-state index contributed by atoms with van der Waals surface area (Å²) in [5.41, 5.74) is 1.36. The van der Waals surface area contributed by atoms with Crippen molar-refractivity contribution >= 4 is 44.2 Å². The quantitative estimate of drug-likeness (QED) is 0.147. The Labute approximate surface area is 237 Å². The molecule has 2 N–H and O–H groups in total. The van der Waals surface area contributed by atoms with Crippen LogP contribution in [-0.2, 0) is 22.2 Å². The van der Waals surface area contributed by atoms with E-state index in [1.165, 1.54) is 36.4 Å². The molecule has 0 amide bonds. The minimum absolute atomic E-state index is 0. The zero-order chi connectivity index (χ0) is 23.4. The number of aromatic nitrogens is 4. The number of nitrogens with zero attached hydrogens (tertiary/aromatic N) is 2. The molecule has 4 rings (SSSR count). The van der Waals surface area contributed by atoms with E-state index in [0.717, 1.165) is 0 Å². The van der Waals surface area contributed by atoms with Gasteiger partial charge in [-0.25, -0.2) is 9.97 Å². The number of hydrogen-bond acceptors (Lipinski definition) is 8. The van der Waals surface area contributed by atoms with Crippen LogP contribution in [0.15, 0.2) is 46.7 Å². The molecule has 0 spiro atoms. The summed E-state index contributed by atoms with van der Waals surface area (Å²) in [7, 11) is 0. The third-order valence-corrected chi connectivity index (χ3v) is 4.65. The topological polar surface area (TPSA) is 156 Å². The SMILES string of the molecule is O=S([O-])c1nc2ccc(OC(F)F)cc2[nH]1.O=S([O-])c1nc2ccc(OC(F)F)cc2[nH]1.[Na+].[Na+]. The van der Waals surface area contributed by atoms with E-state index in [9.17, 15) is 35.1 Å². The number of ether oxygens (including phenoxy) is 2. The van der Waals surface area contributed by atoms with E-state index in [1.807, 2.05) is 0 Å². The van der Waals surface area contributed by atoms with Gasteiger partial charge in [0.25, 0.3) is 0 Å². The second kappa shape index (κ2) is 13.9. The van der Waals surface area contributed by atoms with Gasteiger partial charge in [0.1, 0.15) is 11.5 Å². The summed E-state index contributed by atoms with van der Waals surface area (Å²) in [6, 6.07) is 7.86. The summed E-state index contributed by atoms with van der Waals surface area (Å²) in [5, 5.41) is -0.492. The fraction of sp³-hybridized carbons (Fsp3) is 0.125. The number of hydrogen-bond donors (Lipinski definition) is 2. The maximum absolute atomic E-state index is 11.9. The molecule has 2 heterocycles. The first-order valence-corrected chi connectivity index (χ1v) is 10.3. The number of alkyl halides is 4. The summed E-state index contributed by atoms with van der Waals surface area (Å²) in [5.74, 6) is -0.122. The molecule has 2 aromatic heterocycles. The molecule has 0 aliphatic rings. The Morgan fingerprint density at radius 3 is 1.38 bits per heavy atom. The van der Waals surface area contributed by atoms with Gasteiger partial charge in [0, 0.05) is 34.3 Å². The van der Waals surface area contributed by atoms with Crippen molar-refractivity contribution in [3.8, 4) is 11.5 Å². The second-order valence-electron chi connectivity index (χ2n) is 5.67. The molecule has 18 heteroatoms. The normalized spacial score (nSPS) is 12.5. The van der Waals surface area contributed by atoms with Crippen molar-refractivity contribution in [2.24, 2.45) is 0 Å². The maximum Gasteiger partial charge on any atom is 1.00 e. The molecule has 4 aromatic rings. The average molecular weight is 540 g/mol. The van der Waals surface area contributed by atoms with Gasteiger partial charge in [0.05, 0.1) is 22.1 Å². The van der Waals surface area contributed by atoms with Gasteiger partial charge in [0.15, 0.2) is 10.3 Å². The Morgan fingerprint density at radius 2 is 1.09 bits per heavy atom. The van der Waals surface area contributed by atoms with Crippen LogP contribution in [0.25, 0.3) is 22.1 Å². The van der Waals surface area contributed by atoms with Crippen LogP contribution >= 0.6 is 0 Å². The van der Waals surface area contributed by atoms with Crippen molar-refractivity contribution in [2.75, 3.05) is 0 Å². The first-order valence-electron chi connectivity index (χ1n) is 8.20. The van der Waals surface area contributed by atoms with Gasteiger partial charge in [-0.15, -0.1) is 0 Å². The van der Waals surface area contributed by atoms with Crippen molar-refractivity contribution in [1.82, 2.24) is 19.9 Å². The summed E-state index contributed by atoms with van der Waals surface area (Å²) in [6.07, 6.45) is 0. The van der Waals surface area contributed by atoms with Gasteiger partial charge in [0.2, 0.25) is 0 Å². The van der Waals surface area contributed by atoms with Gasteiger partial charge in [-0.05, 0) is 24.3 Å². The van der Waals surface area contributed by atoms with Crippen LogP contribution in [-0.4, -0.2) is 50.7 Å². The molecular weight excluding hydrogens is 530 g/mol. The molecule has 0 radical (unpaired) electrons. The fourth-order valence-corrected chi connectivity index (χ4v) is 3.17. The Balaban J connectivity index is 0.000000321. The van der Waals surface area contributed by atoms with Gasteiger partial charge < -0.3 is 28.5 Å². The fourth-order valence-electron chi connectivity index (χ4n) is 2.44. The number of imidazole rings is 2. The molecule has 0 fully saturated rings. The number of fused-ring (bicyclic) bond motifs is 2. The van der Waals surface area contributed by atoms with Crippen LogP contribution in [0.5, 0.6) is 11.5 Å². The van der Waals surface area contributed by atoms with Gasteiger partial charge in [-0.1, -0.05) is 0 Å². The molecule has 172 valence electrons. The molecule has 10 nitrogen and oxygen atoms in total. The number of H-pyrrole nitrogens is 2. The van der Waals surface area contributed by atoms with Gasteiger partial charge in [-0.2, -0.15) is 17.6 Å². The van der Waals surface area contributed by atoms with Crippen molar-refractivity contribution in [1.29, 1.82) is 0 Å². The van der Waals surface area contributed by atoms with Gasteiger partial charge in [-0.3, -0.25) is 8.42 Å². The number of nitrogens with one attached hydrogen (secondary N) is 2. The van der Waals surface area contributed by atoms with E-state index in [1.54, 1.807) is 0 Å². The molecule has 0 aliphatic carbocycles. The van der Waals surface area contributed by atoms with Crippen molar-refractivity contribution in [3.63, 3.8) is 0 Å². The monoisotopic (exact) mass is 540 g/mol. The van der Waals surface area contributed by atoms with Crippen LogP contribution in [0.3, 0.4) is 0 Å². The maximum atomic E-state index is 11.9. The number of aromatic amines is 2. The van der Waals surface area contributed by atoms with Crippen LogP contribution in [0.2, 0.25) is 0 Å². The first kappa shape index (κ1) is 31.0. The number of halogens is 4. The Hall–Kier alpha value is -1.08. The molecule has 0 bridgehead atoms. The van der Waals surface area contributed by atoms with E-state index in [-0.39, 0.29) is 80.9 Å². The predicted octanol–water partition coefficient (Wildman–Crippen LogP) is -3.19. The Bertz CT molecular complexity index is 1200. The van der Waals surface area contributed by atoms with E-state index < -0.39 is 35.4 Å². The molecule has 0 saturated heterocycles. The molecule has 2 unspecified atom stereocenters. The number of benzene rings is 2. The van der Waals surface area contributed by atoms with Gasteiger partial charge >= 0.3 is 72.3 Å². The van der Waals surface area contributed by atoms with E-state index in [2.05, 4.69) is 29.4 Å². The Morgan fingerprint density at radius 1 is 0.735 bits per heavy atom. The molecular formula is C16H10F4N4Na2O6S2. The number of rotatable bonds is 6. The van der Waals surface area contributed by atoms with E-state index in [4.69, 9.17) is 0 Å². The summed E-state index contributed by atoms with van der Waals surface area (Å²) in [4.78, 5) is 12.4. The van der Waals surface area contributed by atoms with Crippen LogP contribution in [0.1, 0.15) is 0 Å². The molecule has 2 aromatic carbocycles. The largest absolute Gasteiger partial charge is 1.00 e. The van der Waals surface area contributed by atoms with Crippen molar-refractivity contribution < 1.29 is 104 Å². The standard InChI is InChI=1S/2C8H6F2N2O3S.2Na/c2*9-7(10)15-4-1-2-5-6(3-4)12-8(11-5)16(13)14;;/h2*1-3,7H,(H,11,12)(H,13,14);;/q;;2*+1/p-2. The minimum Gasteiger partial charge on any atom is -0.766 e. The smallest absolute Gasteiger partial charge is 0.766 e. The summed E-state index contributed by atoms with van der Waals surface area (Å²) >= 11 is -4.97. The summed E-state index contributed by atoms with van der Waals surface area (Å²) < 4.78 is 98.3. The third-order valence-electron chi connectivity index (χ3n) is 3.63. The predicted molar refractivity (Wildman–Crippen MR) is 99.8 cm³/mol.